The first-order valence-corrected chi connectivity index (χ1v) is 8.00. The Kier molecular flexibility index (Phi) is 4.13. The lowest BCUT2D eigenvalue weighted by atomic mass is 9.64. The van der Waals surface area contributed by atoms with Crippen LogP contribution < -0.4 is 11.1 Å². The maximum atomic E-state index is 13.1. The van der Waals surface area contributed by atoms with Crippen LogP contribution in [-0.2, 0) is 5.41 Å². The van der Waals surface area contributed by atoms with E-state index in [0.29, 0.717) is 18.5 Å². The molecule has 0 amide bonds. The van der Waals surface area contributed by atoms with E-state index in [1.54, 1.807) is 12.1 Å². The molecule has 3 nitrogen and oxygen atoms in total. The van der Waals surface area contributed by atoms with Crippen LogP contribution in [0.25, 0.3) is 0 Å². The molecule has 0 spiro atoms. The molecule has 1 aromatic rings. The number of rotatable bonds is 4. The number of nitrogens with two attached hydrogens (primary N) is 1. The van der Waals surface area contributed by atoms with Crippen LogP contribution in [0.15, 0.2) is 29.3 Å². The lowest BCUT2D eigenvalue weighted by molar-refractivity contribution is 0.253. The smallest absolute Gasteiger partial charge is 0.188 e. The van der Waals surface area contributed by atoms with Crippen molar-refractivity contribution in [3.05, 3.63) is 35.6 Å². The molecule has 0 atom stereocenters. The molecule has 3 N–H and O–H groups in total. The highest BCUT2D eigenvalue weighted by atomic mass is 19.1. The largest absolute Gasteiger partial charge is 0.370 e. The fraction of sp³-hybridized carbons (Fsp3) is 0.588. The Morgan fingerprint density at radius 1 is 1.19 bits per heavy atom. The number of nitrogens with one attached hydrogen (secondary N) is 1. The Balaban J connectivity index is 1.64. The van der Waals surface area contributed by atoms with E-state index in [-0.39, 0.29) is 11.2 Å². The van der Waals surface area contributed by atoms with Gasteiger partial charge in [-0.2, -0.15) is 0 Å². The van der Waals surface area contributed by atoms with E-state index in [2.05, 4.69) is 10.3 Å². The number of aliphatic imine (C=N–C) groups is 1. The molecular formula is C17H24FN3. The highest BCUT2D eigenvalue weighted by Gasteiger charge is 2.38. The van der Waals surface area contributed by atoms with Crippen LogP contribution in [0, 0.1) is 5.82 Å². The molecule has 0 unspecified atom stereocenters. The van der Waals surface area contributed by atoms with Gasteiger partial charge in [-0.1, -0.05) is 31.4 Å². The van der Waals surface area contributed by atoms with Crippen LogP contribution in [-0.4, -0.2) is 18.5 Å². The Morgan fingerprint density at radius 3 is 2.43 bits per heavy atom. The van der Waals surface area contributed by atoms with Crippen LogP contribution in [0.5, 0.6) is 0 Å². The predicted molar refractivity (Wildman–Crippen MR) is 83.8 cm³/mol. The first-order chi connectivity index (χ1) is 10.2. The highest BCUT2D eigenvalue weighted by Crippen LogP contribution is 2.44. The van der Waals surface area contributed by atoms with Crippen molar-refractivity contribution >= 4 is 5.96 Å². The van der Waals surface area contributed by atoms with Gasteiger partial charge in [0, 0.05) is 11.5 Å². The third-order valence-corrected chi connectivity index (χ3v) is 5.03. The van der Waals surface area contributed by atoms with E-state index in [0.717, 1.165) is 12.8 Å². The molecule has 2 aliphatic carbocycles. The standard InChI is InChI=1S/C17H24FN3/c18-14-8-6-13(7-9-14)17(10-3-11-17)12-20-16(19)21-15-4-1-2-5-15/h6-9,15H,1-5,10-12H2,(H3,19,20,21). The van der Waals surface area contributed by atoms with E-state index in [9.17, 15) is 4.39 Å². The zero-order valence-corrected chi connectivity index (χ0v) is 12.4. The lowest BCUT2D eigenvalue weighted by Gasteiger charge is -2.41. The molecule has 0 heterocycles. The van der Waals surface area contributed by atoms with Crippen molar-refractivity contribution in [3.8, 4) is 0 Å². The molecule has 0 radical (unpaired) electrons. The number of hydrogen-bond acceptors (Lipinski definition) is 1. The summed E-state index contributed by atoms with van der Waals surface area (Å²) in [5, 5.41) is 3.33. The summed E-state index contributed by atoms with van der Waals surface area (Å²) in [6.45, 7) is 0.699. The van der Waals surface area contributed by atoms with Gasteiger partial charge in [0.15, 0.2) is 5.96 Å². The van der Waals surface area contributed by atoms with Crippen molar-refractivity contribution in [1.82, 2.24) is 5.32 Å². The minimum atomic E-state index is -0.181. The summed E-state index contributed by atoms with van der Waals surface area (Å²) in [6, 6.07) is 7.37. The predicted octanol–water partition coefficient (Wildman–Crippen LogP) is 3.09. The highest BCUT2D eigenvalue weighted by molar-refractivity contribution is 5.78. The Morgan fingerprint density at radius 2 is 1.86 bits per heavy atom. The zero-order chi connectivity index (χ0) is 14.7. The van der Waals surface area contributed by atoms with Gasteiger partial charge in [-0.15, -0.1) is 0 Å². The third-order valence-electron chi connectivity index (χ3n) is 5.03. The quantitative estimate of drug-likeness (QED) is 0.661. The van der Waals surface area contributed by atoms with E-state index in [1.165, 1.54) is 37.7 Å². The average molecular weight is 289 g/mol. The summed E-state index contributed by atoms with van der Waals surface area (Å²) in [4.78, 5) is 4.57. The summed E-state index contributed by atoms with van der Waals surface area (Å²) in [6.07, 6.45) is 8.38. The van der Waals surface area contributed by atoms with E-state index in [4.69, 9.17) is 5.73 Å². The van der Waals surface area contributed by atoms with Gasteiger partial charge >= 0.3 is 0 Å². The van der Waals surface area contributed by atoms with Crippen LogP contribution in [0.4, 0.5) is 4.39 Å². The number of benzene rings is 1. The zero-order valence-electron chi connectivity index (χ0n) is 12.4. The number of hydrogen-bond donors (Lipinski definition) is 2. The molecule has 3 rings (SSSR count). The second kappa shape index (κ2) is 6.04. The van der Waals surface area contributed by atoms with Gasteiger partial charge in [-0.05, 0) is 43.4 Å². The molecule has 0 aliphatic heterocycles. The summed E-state index contributed by atoms with van der Waals surface area (Å²) in [5.74, 6) is 0.384. The van der Waals surface area contributed by atoms with Crippen molar-refractivity contribution in [3.63, 3.8) is 0 Å². The van der Waals surface area contributed by atoms with Gasteiger partial charge in [0.05, 0.1) is 6.54 Å². The number of halogens is 1. The monoisotopic (exact) mass is 289 g/mol. The van der Waals surface area contributed by atoms with Crippen molar-refractivity contribution < 1.29 is 4.39 Å². The molecule has 1 aromatic carbocycles. The van der Waals surface area contributed by atoms with Crippen molar-refractivity contribution in [1.29, 1.82) is 0 Å². The molecule has 2 fully saturated rings. The first-order valence-electron chi connectivity index (χ1n) is 8.00. The molecule has 0 saturated heterocycles. The minimum Gasteiger partial charge on any atom is -0.370 e. The summed E-state index contributed by atoms with van der Waals surface area (Å²) in [5.41, 5.74) is 7.27. The van der Waals surface area contributed by atoms with Crippen LogP contribution in [0.2, 0.25) is 0 Å². The van der Waals surface area contributed by atoms with Gasteiger partial charge in [-0.3, -0.25) is 4.99 Å². The second-order valence-corrected chi connectivity index (χ2v) is 6.47. The normalized spacial score (nSPS) is 22.0. The third kappa shape index (κ3) is 3.20. The second-order valence-electron chi connectivity index (χ2n) is 6.47. The van der Waals surface area contributed by atoms with Crippen LogP contribution >= 0.6 is 0 Å². The van der Waals surface area contributed by atoms with E-state index < -0.39 is 0 Å². The molecule has 21 heavy (non-hydrogen) atoms. The lowest BCUT2D eigenvalue weighted by Crippen LogP contribution is -2.42. The van der Waals surface area contributed by atoms with Crippen LogP contribution in [0.1, 0.15) is 50.5 Å². The number of guanidine groups is 1. The topological polar surface area (TPSA) is 50.4 Å². The van der Waals surface area contributed by atoms with Crippen molar-refractivity contribution in [2.24, 2.45) is 10.7 Å². The van der Waals surface area contributed by atoms with Gasteiger partial charge in [0.1, 0.15) is 5.82 Å². The summed E-state index contributed by atoms with van der Waals surface area (Å²) >= 11 is 0. The van der Waals surface area contributed by atoms with E-state index >= 15 is 0 Å². The minimum absolute atomic E-state index is 0.0652. The van der Waals surface area contributed by atoms with Crippen LogP contribution in [0.3, 0.4) is 0 Å². The van der Waals surface area contributed by atoms with Crippen molar-refractivity contribution in [2.75, 3.05) is 6.54 Å². The van der Waals surface area contributed by atoms with Gasteiger partial charge < -0.3 is 11.1 Å². The molecule has 0 bridgehead atoms. The molecule has 2 aliphatic rings. The first kappa shape index (κ1) is 14.4. The maximum Gasteiger partial charge on any atom is 0.188 e. The fourth-order valence-electron chi connectivity index (χ4n) is 3.51. The SMILES string of the molecule is NC(=NCC1(c2ccc(F)cc2)CCC1)NC1CCCC1. The summed E-state index contributed by atoms with van der Waals surface area (Å²) < 4.78 is 13.1. The maximum absolute atomic E-state index is 13.1. The Labute approximate surface area is 125 Å². The molecular weight excluding hydrogens is 265 g/mol. The van der Waals surface area contributed by atoms with Crippen molar-refractivity contribution in [2.45, 2.75) is 56.4 Å². The van der Waals surface area contributed by atoms with Gasteiger partial charge in [0.25, 0.3) is 0 Å². The Hall–Kier alpha value is -1.58. The summed E-state index contributed by atoms with van der Waals surface area (Å²) in [7, 11) is 0. The molecule has 0 aromatic heterocycles. The average Bonchev–Trinajstić information content (AvgIpc) is 2.92. The van der Waals surface area contributed by atoms with Gasteiger partial charge in [-0.25, -0.2) is 4.39 Å². The van der Waals surface area contributed by atoms with Gasteiger partial charge in [0.2, 0.25) is 0 Å². The molecule has 4 heteroatoms. The van der Waals surface area contributed by atoms with E-state index in [1.807, 2.05) is 12.1 Å². The molecule has 2 saturated carbocycles. The number of nitrogens with zero attached hydrogens (tertiary/aromatic N) is 1. The fourth-order valence-corrected chi connectivity index (χ4v) is 3.51. The Bertz CT molecular complexity index is 499. The molecule has 114 valence electrons.